The Morgan fingerprint density at radius 1 is 0.600 bits per heavy atom. The van der Waals surface area contributed by atoms with Gasteiger partial charge in [-0.05, 0) is 0 Å². The van der Waals surface area contributed by atoms with E-state index in [9.17, 15) is 0 Å². The average Bonchev–Trinajstić information content (AvgIpc) is 3.49. The van der Waals surface area contributed by atoms with Crippen LogP contribution in [0.2, 0.25) is 13.1 Å². The van der Waals surface area contributed by atoms with Gasteiger partial charge in [-0.25, -0.2) is 0 Å². The Morgan fingerprint density at radius 3 is 1.32 bits per heavy atom. The van der Waals surface area contributed by atoms with E-state index in [-0.39, 0.29) is 7.25 Å². The van der Waals surface area contributed by atoms with Crippen molar-refractivity contribution in [3.63, 3.8) is 0 Å². The monoisotopic (exact) mass is 785 g/mol. The van der Waals surface area contributed by atoms with Crippen molar-refractivity contribution in [2.75, 3.05) is 0 Å². The number of benzene rings is 4. The van der Waals surface area contributed by atoms with Crippen LogP contribution in [-0.4, -0.2) is 5.92 Å². The van der Waals surface area contributed by atoms with E-state index in [4.69, 9.17) is 17.0 Å². The van der Waals surface area contributed by atoms with Gasteiger partial charge in [0.15, 0.2) is 0 Å². The van der Waals surface area contributed by atoms with E-state index in [1.807, 2.05) is 0 Å². The van der Waals surface area contributed by atoms with E-state index in [1.54, 1.807) is 0 Å². The molecule has 0 aliphatic heterocycles. The van der Waals surface area contributed by atoms with Gasteiger partial charge < -0.3 is 0 Å². The molecule has 4 aromatic rings. The molecule has 2 aliphatic rings. The molecule has 40 heavy (non-hydrogen) atoms. The molecule has 0 heterocycles. The molecule has 6 rings (SSSR count). The van der Waals surface area contributed by atoms with Crippen LogP contribution in [0.4, 0.5) is 0 Å². The summed E-state index contributed by atoms with van der Waals surface area (Å²) >= 11 is 3.17. The zero-order chi connectivity index (χ0) is 28.4. The molecule has 0 radical (unpaired) electrons. The zero-order valence-electron chi connectivity index (χ0n) is 23.0. The normalized spacial score (nSPS) is 19.1. The summed E-state index contributed by atoms with van der Waals surface area (Å²) in [6.45, 7) is 9.30. The number of fused-ring (bicyclic) bond motifs is 2. The average molecular weight is 790 g/mol. The number of hydrogen-bond donors (Lipinski definition) is 0. The van der Waals surface area contributed by atoms with Crippen molar-refractivity contribution in [1.29, 1.82) is 0 Å². The third kappa shape index (κ3) is 4.35. The topological polar surface area (TPSA) is 0 Å². The maximum absolute atomic E-state index is 8.44. The summed E-state index contributed by atoms with van der Waals surface area (Å²) in [6.07, 6.45) is 4.73. The number of halogens is 4. The molecule has 4 aromatic carbocycles. The van der Waals surface area contributed by atoms with E-state index in [0.29, 0.717) is 0 Å². The second-order valence-corrected chi connectivity index (χ2v) is 55.8. The molecule has 0 N–H and O–H groups in total. The van der Waals surface area contributed by atoms with Crippen LogP contribution in [0.3, 0.4) is 0 Å². The molecule has 2 atom stereocenters. The van der Waals surface area contributed by atoms with Crippen LogP contribution in [-0.2, 0) is 15.6 Å². The first kappa shape index (κ1) is 29.1. The van der Waals surface area contributed by atoms with E-state index >= 15 is 0 Å². The van der Waals surface area contributed by atoms with Crippen molar-refractivity contribution in [2.24, 2.45) is 0 Å². The van der Waals surface area contributed by atoms with Crippen molar-refractivity contribution < 1.29 is 15.6 Å². The Bertz CT molecular complexity index is 1590. The van der Waals surface area contributed by atoms with Gasteiger partial charge in [-0.2, -0.15) is 0 Å². The molecule has 0 saturated heterocycles. The van der Waals surface area contributed by atoms with Crippen LogP contribution in [0.1, 0.15) is 43.4 Å². The summed E-state index contributed by atoms with van der Waals surface area (Å²) in [5.74, 6) is -1.62. The molecule has 0 amide bonds. The van der Waals surface area contributed by atoms with Gasteiger partial charge in [-0.15, -0.1) is 0 Å². The van der Waals surface area contributed by atoms with Gasteiger partial charge in [0.25, 0.3) is 0 Å². The fraction of sp³-hybridized carbons (Fsp3) is 0.176. The summed E-state index contributed by atoms with van der Waals surface area (Å²) in [6, 6.07) is 30.1. The molecule has 0 spiro atoms. The molecule has 0 aromatic heterocycles. The Labute approximate surface area is 263 Å². The van der Waals surface area contributed by atoms with Gasteiger partial charge in [-0.1, -0.05) is 0 Å². The fourth-order valence-electron chi connectivity index (χ4n) is 7.19. The Hall–Kier alpha value is -1.000. The molecule has 0 fully saturated rings. The molecule has 2 unspecified atom stereocenters. The molecule has 203 valence electrons. The second-order valence-electron chi connectivity index (χ2n) is 11.6. The second kappa shape index (κ2) is 10.6. The summed E-state index contributed by atoms with van der Waals surface area (Å²) in [5.41, 5.74) is 12.6. The predicted octanol–water partition coefficient (Wildman–Crippen LogP) is 12.1. The summed E-state index contributed by atoms with van der Waals surface area (Å²) in [5, 5.41) is 0. The first-order valence-corrected chi connectivity index (χ1v) is 31.6. The SMILES string of the molecule is CC1=Cc2c(-c3ccccc3)ccc(Br)c2[CH]1[Zr]([Cl])([Cl])([CH]1C(C)=Cc2c(-c3ccccc3)ccc(Br)c21)[SiH](C)C. The zero-order valence-corrected chi connectivity index (χ0v) is 31.3. The minimum atomic E-state index is -4.78. The molecular weight excluding hydrogens is 758 g/mol. The van der Waals surface area contributed by atoms with E-state index in [2.05, 4.69) is 156 Å². The minimum absolute atomic E-state index is 0.0380. The van der Waals surface area contributed by atoms with E-state index in [1.165, 1.54) is 55.7 Å². The van der Waals surface area contributed by atoms with Crippen molar-refractivity contribution in [2.45, 2.75) is 34.2 Å². The maximum atomic E-state index is 8.44. The van der Waals surface area contributed by atoms with Crippen LogP contribution in [0, 0.1) is 0 Å². The third-order valence-corrected chi connectivity index (χ3v) is 62.6. The molecule has 0 bridgehead atoms. The van der Waals surface area contributed by atoms with Crippen LogP contribution < -0.4 is 0 Å². The van der Waals surface area contributed by atoms with E-state index < -0.39 is 21.5 Å². The first-order valence-electron chi connectivity index (χ1n) is 13.7. The van der Waals surface area contributed by atoms with Gasteiger partial charge in [0.2, 0.25) is 0 Å². The van der Waals surface area contributed by atoms with Gasteiger partial charge in [-0.3, -0.25) is 0 Å². The number of allylic oxidation sites excluding steroid dienone is 2. The summed E-state index contributed by atoms with van der Waals surface area (Å²) in [4.78, 5) is 0. The Morgan fingerprint density at radius 2 is 0.975 bits per heavy atom. The van der Waals surface area contributed by atoms with Gasteiger partial charge in [0, 0.05) is 0 Å². The molecular formula is C34H31Br2Cl2SiZr. The van der Waals surface area contributed by atoms with E-state index in [0.717, 1.165) is 8.95 Å². The number of hydrogen-bond acceptors (Lipinski definition) is 0. The summed E-state index contributed by atoms with van der Waals surface area (Å²) < 4.78 is 2.29. The van der Waals surface area contributed by atoms with Gasteiger partial charge in [0.1, 0.15) is 0 Å². The molecule has 2 aliphatic carbocycles. The van der Waals surface area contributed by atoms with Crippen LogP contribution in [0.5, 0.6) is 0 Å². The molecule has 6 heteroatoms. The van der Waals surface area contributed by atoms with Crippen LogP contribution in [0.25, 0.3) is 34.4 Å². The van der Waals surface area contributed by atoms with Crippen LogP contribution in [0.15, 0.2) is 105 Å². The van der Waals surface area contributed by atoms with Crippen molar-refractivity contribution in [3.8, 4) is 22.3 Å². The Kier molecular flexibility index (Phi) is 7.72. The fourth-order valence-corrected chi connectivity index (χ4v) is 42.0. The van der Waals surface area contributed by atoms with Crippen molar-refractivity contribution in [1.82, 2.24) is 0 Å². The third-order valence-electron chi connectivity index (χ3n) is 9.08. The van der Waals surface area contributed by atoms with Gasteiger partial charge in [0.05, 0.1) is 0 Å². The van der Waals surface area contributed by atoms with Crippen molar-refractivity contribution in [3.05, 3.63) is 127 Å². The standard InChI is InChI=1S/2C16H12Br.C2H7Si.2ClH.Zr/c2*1-11-9-14-13(12-5-3-2-4-6-12)7-8-16(17)15(14)10-11;1-3-2;;;/h2*2-10H,1H3;3H,1-2H3;2*1H;/q;;;;;+2/p-2. The molecule has 0 saturated carbocycles. The van der Waals surface area contributed by atoms with Crippen molar-refractivity contribution >= 4 is 67.0 Å². The summed E-state index contributed by atoms with van der Waals surface area (Å²) in [7, 11) is 16.9. The number of rotatable bonds is 5. The van der Waals surface area contributed by atoms with Crippen LogP contribution >= 0.6 is 48.9 Å². The quantitative estimate of drug-likeness (QED) is 0.177. The first-order chi connectivity index (χ1) is 19.0. The predicted molar refractivity (Wildman–Crippen MR) is 183 cm³/mol. The molecule has 0 nitrogen and oxygen atoms in total. The van der Waals surface area contributed by atoms with Gasteiger partial charge >= 0.3 is 266 Å². The Balaban J connectivity index is 1.61.